The van der Waals surface area contributed by atoms with Crippen molar-refractivity contribution in [3.8, 4) is 0 Å². The highest BCUT2D eigenvalue weighted by molar-refractivity contribution is 5.60. The third-order valence-electron chi connectivity index (χ3n) is 2.07. The number of carbonyl (C=O) groups is 1. The summed E-state index contributed by atoms with van der Waals surface area (Å²) in [6.45, 7) is 4.05. The van der Waals surface area contributed by atoms with Crippen LogP contribution < -0.4 is 0 Å². The fourth-order valence-electron chi connectivity index (χ4n) is 1.40. The van der Waals surface area contributed by atoms with Gasteiger partial charge in [0.25, 0.3) is 0 Å². The van der Waals surface area contributed by atoms with Crippen LogP contribution in [-0.2, 0) is 18.9 Å². The molecule has 1 fully saturated rings. The van der Waals surface area contributed by atoms with E-state index < -0.39 is 18.5 Å². The molecule has 0 aliphatic carbocycles. The summed E-state index contributed by atoms with van der Waals surface area (Å²) in [6.07, 6.45) is 3.24. The molecular weight excluding hydrogens is 200 g/mol. The topological polar surface area (TPSA) is 54.0 Å². The first kappa shape index (κ1) is 10.2. The summed E-state index contributed by atoms with van der Waals surface area (Å²) < 4.78 is 20.3. The monoisotopic (exact) mass is 212 g/mol. The van der Waals surface area contributed by atoms with E-state index in [1.807, 2.05) is 6.08 Å². The van der Waals surface area contributed by atoms with Crippen LogP contribution in [0.4, 0.5) is 4.79 Å². The molecule has 82 valence electrons. The molecule has 0 saturated carbocycles. The van der Waals surface area contributed by atoms with Gasteiger partial charge in [-0.2, -0.15) is 0 Å². The molecule has 0 aromatic carbocycles. The van der Waals surface area contributed by atoms with Crippen LogP contribution in [0.3, 0.4) is 0 Å². The van der Waals surface area contributed by atoms with Gasteiger partial charge in [-0.1, -0.05) is 18.7 Å². The number of ether oxygens (including phenoxy) is 4. The van der Waals surface area contributed by atoms with Crippen molar-refractivity contribution in [2.45, 2.75) is 18.5 Å². The van der Waals surface area contributed by atoms with Crippen LogP contribution >= 0.6 is 0 Å². The standard InChI is InChI=1S/C10H12O5/c1-2-5-12-10(11)15-8-4-3-7-6-13-9(8)14-7/h2-4,7-9H,1,5-6H2. The molecule has 0 N–H and O–H groups in total. The van der Waals surface area contributed by atoms with E-state index in [-0.39, 0.29) is 12.7 Å². The summed E-state index contributed by atoms with van der Waals surface area (Å²) in [6, 6.07) is 0. The third-order valence-corrected chi connectivity index (χ3v) is 2.07. The van der Waals surface area contributed by atoms with Gasteiger partial charge in [0, 0.05) is 0 Å². The molecule has 2 heterocycles. The summed E-state index contributed by atoms with van der Waals surface area (Å²) in [4.78, 5) is 11.1. The molecule has 0 spiro atoms. The Morgan fingerprint density at radius 1 is 1.60 bits per heavy atom. The Morgan fingerprint density at radius 3 is 3.27 bits per heavy atom. The Hall–Kier alpha value is -1.33. The number of hydrogen-bond donors (Lipinski definition) is 0. The molecule has 0 amide bonds. The van der Waals surface area contributed by atoms with Gasteiger partial charge < -0.3 is 18.9 Å². The highest BCUT2D eigenvalue weighted by atomic mass is 16.8. The molecule has 15 heavy (non-hydrogen) atoms. The fraction of sp³-hybridized carbons (Fsp3) is 0.500. The summed E-state index contributed by atoms with van der Waals surface area (Å²) in [7, 11) is 0. The zero-order chi connectivity index (χ0) is 10.7. The number of fused-ring (bicyclic) bond motifs is 2. The second-order valence-electron chi connectivity index (χ2n) is 3.19. The van der Waals surface area contributed by atoms with Crippen LogP contribution in [0, 0.1) is 0 Å². The number of hydrogen-bond acceptors (Lipinski definition) is 5. The summed E-state index contributed by atoms with van der Waals surface area (Å²) >= 11 is 0. The first-order valence-corrected chi connectivity index (χ1v) is 4.69. The van der Waals surface area contributed by atoms with Crippen molar-refractivity contribution in [2.24, 2.45) is 0 Å². The van der Waals surface area contributed by atoms with Crippen molar-refractivity contribution >= 4 is 6.16 Å². The van der Waals surface area contributed by atoms with E-state index in [2.05, 4.69) is 11.3 Å². The molecule has 2 bridgehead atoms. The van der Waals surface area contributed by atoms with Crippen LogP contribution in [0.15, 0.2) is 24.8 Å². The molecule has 3 atom stereocenters. The van der Waals surface area contributed by atoms with Crippen molar-refractivity contribution < 1.29 is 23.7 Å². The van der Waals surface area contributed by atoms with E-state index in [0.717, 1.165) is 0 Å². The second kappa shape index (κ2) is 4.46. The number of carbonyl (C=O) groups excluding carboxylic acids is 1. The van der Waals surface area contributed by atoms with E-state index in [9.17, 15) is 4.79 Å². The van der Waals surface area contributed by atoms with Gasteiger partial charge in [-0.05, 0) is 6.08 Å². The van der Waals surface area contributed by atoms with E-state index >= 15 is 0 Å². The van der Waals surface area contributed by atoms with E-state index in [1.54, 1.807) is 6.08 Å². The van der Waals surface area contributed by atoms with Gasteiger partial charge in [0.1, 0.15) is 12.7 Å². The predicted octanol–water partition coefficient (Wildman–Crippen LogP) is 1.01. The molecule has 0 aromatic heterocycles. The van der Waals surface area contributed by atoms with E-state index in [1.165, 1.54) is 6.08 Å². The second-order valence-corrected chi connectivity index (χ2v) is 3.19. The average Bonchev–Trinajstić information content (AvgIpc) is 2.63. The summed E-state index contributed by atoms with van der Waals surface area (Å²) in [5.41, 5.74) is 0. The third kappa shape index (κ3) is 2.37. The molecule has 0 aromatic rings. The van der Waals surface area contributed by atoms with Gasteiger partial charge in [-0.15, -0.1) is 0 Å². The van der Waals surface area contributed by atoms with E-state index in [0.29, 0.717) is 6.61 Å². The molecule has 5 heteroatoms. The molecule has 2 aliphatic heterocycles. The first-order chi connectivity index (χ1) is 7.29. The molecule has 0 radical (unpaired) electrons. The minimum Gasteiger partial charge on any atom is -0.430 e. The molecule has 1 saturated heterocycles. The quantitative estimate of drug-likeness (QED) is 0.516. The molecule has 2 rings (SSSR count). The maximum atomic E-state index is 11.1. The fourth-order valence-corrected chi connectivity index (χ4v) is 1.40. The van der Waals surface area contributed by atoms with Crippen molar-refractivity contribution in [2.75, 3.05) is 13.2 Å². The summed E-state index contributed by atoms with van der Waals surface area (Å²) in [5.74, 6) is 0. The zero-order valence-electron chi connectivity index (χ0n) is 8.13. The van der Waals surface area contributed by atoms with Gasteiger partial charge in [-0.25, -0.2) is 4.79 Å². The van der Waals surface area contributed by atoms with Gasteiger partial charge in [0.15, 0.2) is 12.4 Å². The van der Waals surface area contributed by atoms with Crippen LogP contribution in [0.5, 0.6) is 0 Å². The maximum Gasteiger partial charge on any atom is 0.509 e. The van der Waals surface area contributed by atoms with Gasteiger partial charge in [0.05, 0.1) is 6.61 Å². The largest absolute Gasteiger partial charge is 0.509 e. The van der Waals surface area contributed by atoms with Gasteiger partial charge in [-0.3, -0.25) is 0 Å². The van der Waals surface area contributed by atoms with E-state index in [4.69, 9.17) is 14.2 Å². The van der Waals surface area contributed by atoms with Crippen LogP contribution in [0.1, 0.15) is 0 Å². The smallest absolute Gasteiger partial charge is 0.430 e. The molecular formula is C10H12O5. The minimum absolute atomic E-state index is 0.0148. The Morgan fingerprint density at radius 2 is 2.47 bits per heavy atom. The lowest BCUT2D eigenvalue weighted by molar-refractivity contribution is -0.125. The SMILES string of the molecule is C=CCOC(=O)OC1C=CC2COC1O2. The molecule has 3 unspecified atom stereocenters. The van der Waals surface area contributed by atoms with Crippen LogP contribution in [0.25, 0.3) is 0 Å². The normalized spacial score (nSPS) is 32.4. The Labute approximate surface area is 87.2 Å². The lowest BCUT2D eigenvalue weighted by Gasteiger charge is -2.22. The van der Waals surface area contributed by atoms with Crippen molar-refractivity contribution in [3.63, 3.8) is 0 Å². The average molecular weight is 212 g/mol. The molecule has 2 aliphatic rings. The zero-order valence-corrected chi connectivity index (χ0v) is 8.13. The Balaban J connectivity index is 1.84. The first-order valence-electron chi connectivity index (χ1n) is 4.69. The van der Waals surface area contributed by atoms with Crippen LogP contribution in [-0.4, -0.2) is 37.9 Å². The highest BCUT2D eigenvalue weighted by Gasteiger charge is 2.36. The predicted molar refractivity (Wildman–Crippen MR) is 50.2 cm³/mol. The Bertz CT molecular complexity index is 286. The number of rotatable bonds is 3. The van der Waals surface area contributed by atoms with Crippen molar-refractivity contribution in [1.82, 2.24) is 0 Å². The lowest BCUT2D eigenvalue weighted by atomic mass is 10.2. The van der Waals surface area contributed by atoms with Gasteiger partial charge >= 0.3 is 6.16 Å². The maximum absolute atomic E-state index is 11.1. The van der Waals surface area contributed by atoms with Crippen LogP contribution in [0.2, 0.25) is 0 Å². The van der Waals surface area contributed by atoms with Gasteiger partial charge in [0.2, 0.25) is 0 Å². The highest BCUT2D eigenvalue weighted by Crippen LogP contribution is 2.23. The van der Waals surface area contributed by atoms with Crippen molar-refractivity contribution in [1.29, 1.82) is 0 Å². The summed E-state index contributed by atoms with van der Waals surface area (Å²) in [5, 5.41) is 0. The minimum atomic E-state index is -0.748. The Kier molecular flexibility index (Phi) is 3.03. The lowest BCUT2D eigenvalue weighted by Crippen LogP contribution is -2.33. The molecule has 5 nitrogen and oxygen atoms in total. The van der Waals surface area contributed by atoms with Crippen molar-refractivity contribution in [3.05, 3.63) is 24.8 Å².